The van der Waals surface area contributed by atoms with Crippen molar-refractivity contribution in [2.45, 2.75) is 59.2 Å². The van der Waals surface area contributed by atoms with Crippen molar-refractivity contribution in [1.29, 1.82) is 0 Å². The second-order valence-corrected chi connectivity index (χ2v) is 7.66. The first kappa shape index (κ1) is 23.1. The summed E-state index contributed by atoms with van der Waals surface area (Å²) in [4.78, 5) is 38.4. The summed E-state index contributed by atoms with van der Waals surface area (Å²) in [5, 5.41) is 14.2. The third-order valence-electron chi connectivity index (χ3n) is 4.82. The van der Waals surface area contributed by atoms with Gasteiger partial charge < -0.3 is 10.2 Å². The minimum absolute atomic E-state index is 0.0573. The van der Waals surface area contributed by atoms with Gasteiger partial charge in [-0.2, -0.15) is 0 Å². The van der Waals surface area contributed by atoms with Gasteiger partial charge in [0, 0.05) is 24.2 Å². The average molecular weight is 412 g/mol. The van der Waals surface area contributed by atoms with E-state index in [0.29, 0.717) is 12.0 Å². The van der Waals surface area contributed by atoms with Gasteiger partial charge in [0.2, 0.25) is 11.8 Å². The minimum Gasteiger partial charge on any atom is -0.352 e. The quantitative estimate of drug-likeness (QED) is 0.502. The maximum atomic E-state index is 13.3. The standard InChI is InChI=1S/C23H29N3O4/c1-5-20(23(28)24-16(2)3)25(15-18-12-10-17(4)11-13-18)22(27)14-19-8-6-7-9-21(19)26(29)30/h6-13,16,20H,5,14-15H2,1-4H3,(H,24,28). The predicted octanol–water partition coefficient (Wildman–Crippen LogP) is 3.78. The second kappa shape index (κ2) is 10.5. The molecule has 2 rings (SSSR count). The average Bonchev–Trinajstić information content (AvgIpc) is 2.69. The van der Waals surface area contributed by atoms with E-state index in [9.17, 15) is 19.7 Å². The first-order chi connectivity index (χ1) is 14.2. The first-order valence-electron chi connectivity index (χ1n) is 10.1. The van der Waals surface area contributed by atoms with Gasteiger partial charge in [-0.1, -0.05) is 55.0 Å². The van der Waals surface area contributed by atoms with Gasteiger partial charge >= 0.3 is 0 Å². The van der Waals surface area contributed by atoms with Crippen LogP contribution in [0.2, 0.25) is 0 Å². The molecule has 1 atom stereocenters. The largest absolute Gasteiger partial charge is 0.352 e. The zero-order valence-electron chi connectivity index (χ0n) is 17.9. The molecule has 0 spiro atoms. The number of hydrogen-bond acceptors (Lipinski definition) is 4. The summed E-state index contributed by atoms with van der Waals surface area (Å²) >= 11 is 0. The molecule has 30 heavy (non-hydrogen) atoms. The summed E-state index contributed by atoms with van der Waals surface area (Å²) in [7, 11) is 0. The van der Waals surface area contributed by atoms with E-state index >= 15 is 0 Å². The van der Waals surface area contributed by atoms with E-state index in [1.807, 2.05) is 52.0 Å². The molecule has 0 fully saturated rings. The molecule has 1 N–H and O–H groups in total. The van der Waals surface area contributed by atoms with Gasteiger partial charge in [0.1, 0.15) is 6.04 Å². The Labute approximate surface area is 177 Å². The van der Waals surface area contributed by atoms with Crippen molar-refractivity contribution in [3.63, 3.8) is 0 Å². The first-order valence-corrected chi connectivity index (χ1v) is 10.1. The van der Waals surface area contributed by atoms with E-state index in [2.05, 4.69) is 5.32 Å². The number of nitro groups is 1. The van der Waals surface area contributed by atoms with Crippen LogP contribution in [0.4, 0.5) is 5.69 Å². The second-order valence-electron chi connectivity index (χ2n) is 7.66. The Morgan fingerprint density at radius 2 is 1.73 bits per heavy atom. The highest BCUT2D eigenvalue weighted by Crippen LogP contribution is 2.21. The molecule has 7 heteroatoms. The molecule has 1 unspecified atom stereocenters. The third-order valence-corrected chi connectivity index (χ3v) is 4.82. The summed E-state index contributed by atoms with van der Waals surface area (Å²) in [6.07, 6.45) is 0.293. The Kier molecular flexibility index (Phi) is 8.09. The van der Waals surface area contributed by atoms with Crippen molar-refractivity contribution in [3.05, 3.63) is 75.3 Å². The topological polar surface area (TPSA) is 92.6 Å². The van der Waals surface area contributed by atoms with Crippen LogP contribution in [0.5, 0.6) is 0 Å². The number of nitrogens with zero attached hydrogens (tertiary/aromatic N) is 2. The lowest BCUT2D eigenvalue weighted by Crippen LogP contribution is -2.50. The van der Waals surface area contributed by atoms with E-state index in [1.54, 1.807) is 18.2 Å². The molecule has 2 amide bonds. The number of nitrogens with one attached hydrogen (secondary N) is 1. The highest BCUT2D eigenvalue weighted by atomic mass is 16.6. The van der Waals surface area contributed by atoms with E-state index in [1.165, 1.54) is 11.0 Å². The SMILES string of the molecule is CCC(C(=O)NC(C)C)N(Cc1ccc(C)cc1)C(=O)Cc1ccccc1[N+](=O)[O-]. The van der Waals surface area contributed by atoms with Crippen molar-refractivity contribution in [1.82, 2.24) is 10.2 Å². The number of aryl methyl sites for hydroxylation is 1. The van der Waals surface area contributed by atoms with Crippen LogP contribution in [-0.2, 0) is 22.6 Å². The van der Waals surface area contributed by atoms with Crippen LogP contribution < -0.4 is 5.32 Å². The Hall–Kier alpha value is -3.22. The summed E-state index contributed by atoms with van der Waals surface area (Å²) in [6, 6.07) is 13.2. The van der Waals surface area contributed by atoms with Gasteiger partial charge in [0.25, 0.3) is 5.69 Å². The molecule has 7 nitrogen and oxygen atoms in total. The van der Waals surface area contributed by atoms with Gasteiger partial charge in [0.05, 0.1) is 11.3 Å². The number of para-hydroxylation sites is 1. The summed E-state index contributed by atoms with van der Waals surface area (Å²) < 4.78 is 0. The molecule has 0 saturated carbocycles. The van der Waals surface area contributed by atoms with E-state index in [0.717, 1.165) is 11.1 Å². The van der Waals surface area contributed by atoms with Crippen molar-refractivity contribution in [2.75, 3.05) is 0 Å². The minimum atomic E-state index is -0.663. The number of nitro benzene ring substituents is 1. The molecule has 2 aromatic rings. The zero-order chi connectivity index (χ0) is 22.3. The predicted molar refractivity (Wildman–Crippen MR) is 116 cm³/mol. The molecule has 0 aliphatic rings. The van der Waals surface area contributed by atoms with E-state index < -0.39 is 11.0 Å². The van der Waals surface area contributed by atoms with Gasteiger partial charge in [-0.3, -0.25) is 19.7 Å². The molecule has 160 valence electrons. The molecule has 0 bridgehead atoms. The van der Waals surface area contributed by atoms with Crippen LogP contribution in [0.1, 0.15) is 43.9 Å². The van der Waals surface area contributed by atoms with Gasteiger partial charge in [-0.05, 0) is 32.8 Å². The molecular formula is C23H29N3O4. The Balaban J connectivity index is 2.36. The highest BCUT2D eigenvalue weighted by molar-refractivity contribution is 5.89. The number of hydrogen-bond donors (Lipinski definition) is 1. The molecular weight excluding hydrogens is 382 g/mol. The molecule has 0 aliphatic carbocycles. The summed E-state index contributed by atoms with van der Waals surface area (Å²) in [5.74, 6) is -0.550. The molecule has 0 heterocycles. The van der Waals surface area contributed by atoms with Gasteiger partial charge in [0.15, 0.2) is 0 Å². The maximum Gasteiger partial charge on any atom is 0.273 e. The fourth-order valence-corrected chi connectivity index (χ4v) is 3.29. The number of carbonyl (C=O) groups is 2. The highest BCUT2D eigenvalue weighted by Gasteiger charge is 2.30. The van der Waals surface area contributed by atoms with Gasteiger partial charge in [-0.15, -0.1) is 0 Å². The van der Waals surface area contributed by atoms with Crippen molar-refractivity contribution in [2.24, 2.45) is 0 Å². The lowest BCUT2D eigenvalue weighted by Gasteiger charge is -2.31. The van der Waals surface area contributed by atoms with Crippen LogP contribution >= 0.6 is 0 Å². The number of rotatable bonds is 9. The lowest BCUT2D eigenvalue weighted by atomic mass is 10.0. The number of carbonyl (C=O) groups excluding carboxylic acids is 2. The molecule has 0 aromatic heterocycles. The smallest absolute Gasteiger partial charge is 0.273 e. The molecule has 0 radical (unpaired) electrons. The third kappa shape index (κ3) is 6.14. The van der Waals surface area contributed by atoms with E-state index in [-0.39, 0.29) is 36.5 Å². The van der Waals surface area contributed by atoms with Crippen LogP contribution in [0, 0.1) is 17.0 Å². The molecule has 0 aliphatic heterocycles. The summed E-state index contributed by atoms with van der Waals surface area (Å²) in [6.45, 7) is 7.81. The van der Waals surface area contributed by atoms with Crippen molar-refractivity contribution < 1.29 is 14.5 Å². The Morgan fingerprint density at radius 1 is 1.10 bits per heavy atom. The fraction of sp³-hybridized carbons (Fsp3) is 0.391. The van der Waals surface area contributed by atoms with Crippen LogP contribution in [0.25, 0.3) is 0 Å². The van der Waals surface area contributed by atoms with Crippen molar-refractivity contribution >= 4 is 17.5 Å². The number of benzene rings is 2. The van der Waals surface area contributed by atoms with Crippen LogP contribution in [-0.4, -0.2) is 33.7 Å². The van der Waals surface area contributed by atoms with Gasteiger partial charge in [-0.25, -0.2) is 0 Å². The Bertz CT molecular complexity index is 894. The Morgan fingerprint density at radius 3 is 2.30 bits per heavy atom. The van der Waals surface area contributed by atoms with Crippen molar-refractivity contribution in [3.8, 4) is 0 Å². The monoisotopic (exact) mass is 411 g/mol. The zero-order valence-corrected chi connectivity index (χ0v) is 17.9. The van der Waals surface area contributed by atoms with Crippen LogP contribution in [0.3, 0.4) is 0 Å². The maximum absolute atomic E-state index is 13.3. The molecule has 2 aromatic carbocycles. The normalized spacial score (nSPS) is 11.8. The van der Waals surface area contributed by atoms with Crippen LogP contribution in [0.15, 0.2) is 48.5 Å². The number of amides is 2. The fourth-order valence-electron chi connectivity index (χ4n) is 3.29. The lowest BCUT2D eigenvalue weighted by molar-refractivity contribution is -0.385. The van der Waals surface area contributed by atoms with E-state index in [4.69, 9.17) is 0 Å². The summed E-state index contributed by atoms with van der Waals surface area (Å²) in [5.41, 5.74) is 2.23. The molecule has 0 saturated heterocycles.